The van der Waals surface area contributed by atoms with Gasteiger partial charge >= 0.3 is 0 Å². The molecular formula is C17H27N3O2. The second-order valence-electron chi connectivity index (χ2n) is 6.99. The quantitative estimate of drug-likeness (QED) is 0.898. The van der Waals surface area contributed by atoms with Gasteiger partial charge in [0.1, 0.15) is 5.69 Å². The van der Waals surface area contributed by atoms with Crippen LogP contribution in [-0.2, 0) is 0 Å². The first-order valence-corrected chi connectivity index (χ1v) is 8.64. The van der Waals surface area contributed by atoms with Gasteiger partial charge in [0.05, 0.1) is 6.10 Å². The lowest BCUT2D eigenvalue weighted by atomic mass is 9.87. The van der Waals surface area contributed by atoms with Gasteiger partial charge < -0.3 is 10.0 Å². The van der Waals surface area contributed by atoms with Crippen LogP contribution in [0.3, 0.4) is 0 Å². The third kappa shape index (κ3) is 3.35. The molecule has 5 heteroatoms. The molecule has 0 aromatic carbocycles. The number of aliphatic hydroxyl groups is 1. The molecule has 1 amide bonds. The first-order valence-electron chi connectivity index (χ1n) is 8.64. The topological polar surface area (TPSA) is 69.2 Å². The zero-order valence-corrected chi connectivity index (χ0v) is 13.4. The van der Waals surface area contributed by atoms with E-state index in [1.54, 1.807) is 4.90 Å². The van der Waals surface area contributed by atoms with Crippen molar-refractivity contribution in [2.45, 2.75) is 63.4 Å². The lowest BCUT2D eigenvalue weighted by Crippen LogP contribution is -2.34. The normalized spacial score (nSPS) is 26.3. The Labute approximate surface area is 132 Å². The van der Waals surface area contributed by atoms with Crippen LogP contribution in [0.1, 0.15) is 73.5 Å². The number of aliphatic hydroxyl groups excluding tert-OH is 1. The van der Waals surface area contributed by atoms with Gasteiger partial charge in [-0.1, -0.05) is 25.7 Å². The summed E-state index contributed by atoms with van der Waals surface area (Å²) in [5, 5.41) is 17.2. The Balaban J connectivity index is 1.60. The van der Waals surface area contributed by atoms with Gasteiger partial charge in [-0.05, 0) is 31.7 Å². The second-order valence-corrected chi connectivity index (χ2v) is 6.99. The Morgan fingerprint density at radius 2 is 2.05 bits per heavy atom. The summed E-state index contributed by atoms with van der Waals surface area (Å²) in [4.78, 5) is 14.2. The Morgan fingerprint density at radius 1 is 1.27 bits per heavy atom. The molecule has 2 saturated carbocycles. The minimum absolute atomic E-state index is 0.0441. The van der Waals surface area contributed by atoms with Crippen molar-refractivity contribution >= 4 is 5.91 Å². The van der Waals surface area contributed by atoms with Crippen molar-refractivity contribution in [2.24, 2.45) is 5.92 Å². The maximum atomic E-state index is 12.5. The standard InChI is InChI=1S/C17H27N3O2/c1-20(11-13-8-5-9-16(13)21)17(22)15-10-14(18-19-15)12-6-3-2-4-7-12/h10,12-13,16,21H,2-9,11H2,1H3,(H,18,19). The van der Waals surface area contributed by atoms with E-state index in [-0.39, 0.29) is 17.9 Å². The molecule has 2 aliphatic rings. The third-order valence-corrected chi connectivity index (χ3v) is 5.34. The first-order chi connectivity index (χ1) is 10.6. The number of H-pyrrole nitrogens is 1. The smallest absolute Gasteiger partial charge is 0.274 e. The molecule has 0 bridgehead atoms. The number of carbonyl (C=O) groups is 1. The lowest BCUT2D eigenvalue weighted by Gasteiger charge is -2.22. The first kappa shape index (κ1) is 15.5. The van der Waals surface area contributed by atoms with Crippen molar-refractivity contribution in [3.63, 3.8) is 0 Å². The van der Waals surface area contributed by atoms with Crippen LogP contribution in [0.2, 0.25) is 0 Å². The average molecular weight is 305 g/mol. The van der Waals surface area contributed by atoms with Gasteiger partial charge in [-0.2, -0.15) is 5.10 Å². The van der Waals surface area contributed by atoms with E-state index >= 15 is 0 Å². The van der Waals surface area contributed by atoms with Gasteiger partial charge in [0, 0.05) is 31.1 Å². The molecular weight excluding hydrogens is 278 g/mol. The third-order valence-electron chi connectivity index (χ3n) is 5.34. The van der Waals surface area contributed by atoms with Crippen LogP contribution in [0, 0.1) is 5.92 Å². The molecule has 5 nitrogen and oxygen atoms in total. The fourth-order valence-corrected chi connectivity index (χ4v) is 3.93. The average Bonchev–Trinajstić information content (AvgIpc) is 3.17. The van der Waals surface area contributed by atoms with E-state index in [1.165, 1.54) is 32.1 Å². The van der Waals surface area contributed by atoms with Crippen LogP contribution in [0.15, 0.2) is 6.07 Å². The zero-order chi connectivity index (χ0) is 15.5. The fraction of sp³-hybridized carbons (Fsp3) is 0.765. The highest BCUT2D eigenvalue weighted by Gasteiger charge is 2.28. The molecule has 2 unspecified atom stereocenters. The molecule has 122 valence electrons. The van der Waals surface area contributed by atoms with Gasteiger partial charge in [0.15, 0.2) is 0 Å². The number of nitrogens with zero attached hydrogens (tertiary/aromatic N) is 2. The predicted octanol–water partition coefficient (Wildman–Crippen LogP) is 2.69. The largest absolute Gasteiger partial charge is 0.393 e. The number of aromatic nitrogens is 2. The second kappa shape index (κ2) is 6.82. The molecule has 2 N–H and O–H groups in total. The van der Waals surface area contributed by atoms with E-state index in [0.717, 1.165) is 25.0 Å². The van der Waals surface area contributed by atoms with E-state index in [2.05, 4.69) is 10.2 Å². The number of nitrogens with one attached hydrogen (secondary N) is 1. The lowest BCUT2D eigenvalue weighted by molar-refractivity contribution is 0.0688. The van der Waals surface area contributed by atoms with Crippen LogP contribution in [-0.4, -0.2) is 45.8 Å². The highest BCUT2D eigenvalue weighted by atomic mass is 16.3. The van der Waals surface area contributed by atoms with Crippen LogP contribution >= 0.6 is 0 Å². The summed E-state index contributed by atoms with van der Waals surface area (Å²) < 4.78 is 0. The van der Waals surface area contributed by atoms with E-state index in [0.29, 0.717) is 18.2 Å². The van der Waals surface area contributed by atoms with E-state index in [1.807, 2.05) is 13.1 Å². The van der Waals surface area contributed by atoms with Crippen molar-refractivity contribution in [2.75, 3.05) is 13.6 Å². The van der Waals surface area contributed by atoms with E-state index in [4.69, 9.17) is 0 Å². The summed E-state index contributed by atoms with van der Waals surface area (Å²) in [6.07, 6.45) is 8.92. The number of hydrogen-bond donors (Lipinski definition) is 2. The fourth-order valence-electron chi connectivity index (χ4n) is 3.93. The SMILES string of the molecule is CN(CC1CCCC1O)C(=O)c1cc(C2CCCCC2)[nH]n1. The molecule has 0 radical (unpaired) electrons. The van der Waals surface area contributed by atoms with Crippen molar-refractivity contribution in [3.8, 4) is 0 Å². The molecule has 22 heavy (non-hydrogen) atoms. The van der Waals surface area contributed by atoms with Gasteiger partial charge in [-0.15, -0.1) is 0 Å². The van der Waals surface area contributed by atoms with Gasteiger partial charge in [-0.3, -0.25) is 9.89 Å². The number of hydrogen-bond acceptors (Lipinski definition) is 3. The summed E-state index contributed by atoms with van der Waals surface area (Å²) in [5.74, 6) is 0.702. The van der Waals surface area contributed by atoms with Crippen molar-refractivity contribution in [3.05, 3.63) is 17.5 Å². The maximum absolute atomic E-state index is 12.5. The molecule has 0 saturated heterocycles. The molecule has 0 aliphatic heterocycles. The molecule has 2 aliphatic carbocycles. The minimum Gasteiger partial charge on any atom is -0.393 e. The number of rotatable bonds is 4. The molecule has 2 atom stereocenters. The van der Waals surface area contributed by atoms with Gasteiger partial charge in [0.2, 0.25) is 0 Å². The Kier molecular flexibility index (Phi) is 4.81. The molecule has 1 aromatic heterocycles. The van der Waals surface area contributed by atoms with Crippen molar-refractivity contribution in [1.82, 2.24) is 15.1 Å². The number of amides is 1. The number of carbonyl (C=O) groups excluding carboxylic acids is 1. The molecule has 0 spiro atoms. The van der Waals surface area contributed by atoms with Crippen LogP contribution < -0.4 is 0 Å². The summed E-state index contributed by atoms with van der Waals surface area (Å²) in [6, 6.07) is 1.93. The zero-order valence-electron chi connectivity index (χ0n) is 13.4. The van der Waals surface area contributed by atoms with Crippen molar-refractivity contribution < 1.29 is 9.90 Å². The highest BCUT2D eigenvalue weighted by molar-refractivity contribution is 5.92. The maximum Gasteiger partial charge on any atom is 0.274 e. The van der Waals surface area contributed by atoms with Crippen LogP contribution in [0.5, 0.6) is 0 Å². The van der Waals surface area contributed by atoms with E-state index in [9.17, 15) is 9.90 Å². The molecule has 1 heterocycles. The summed E-state index contributed by atoms with van der Waals surface area (Å²) in [6.45, 7) is 0.617. The Hall–Kier alpha value is -1.36. The Morgan fingerprint density at radius 3 is 2.73 bits per heavy atom. The number of aromatic amines is 1. The molecule has 1 aromatic rings. The van der Waals surface area contributed by atoms with Gasteiger partial charge in [-0.25, -0.2) is 0 Å². The van der Waals surface area contributed by atoms with E-state index < -0.39 is 0 Å². The molecule has 3 rings (SSSR count). The predicted molar refractivity (Wildman–Crippen MR) is 84.7 cm³/mol. The summed E-state index contributed by atoms with van der Waals surface area (Å²) >= 11 is 0. The van der Waals surface area contributed by atoms with Crippen molar-refractivity contribution in [1.29, 1.82) is 0 Å². The van der Waals surface area contributed by atoms with Crippen LogP contribution in [0.25, 0.3) is 0 Å². The van der Waals surface area contributed by atoms with Crippen LogP contribution in [0.4, 0.5) is 0 Å². The Bertz CT molecular complexity index is 508. The minimum atomic E-state index is -0.257. The summed E-state index contributed by atoms with van der Waals surface area (Å²) in [5.41, 5.74) is 1.62. The molecule has 2 fully saturated rings. The van der Waals surface area contributed by atoms with Gasteiger partial charge in [0.25, 0.3) is 5.91 Å². The highest BCUT2D eigenvalue weighted by Crippen LogP contribution is 2.32. The summed E-state index contributed by atoms with van der Waals surface area (Å²) in [7, 11) is 1.81. The monoisotopic (exact) mass is 305 g/mol.